The number of rotatable bonds is 4. The lowest BCUT2D eigenvalue weighted by molar-refractivity contribution is -0.148. The molecule has 0 bridgehead atoms. The number of nitrogens with zero attached hydrogens (tertiary/aromatic N) is 1. The minimum absolute atomic E-state index is 0.446. The van der Waals surface area contributed by atoms with Crippen LogP contribution in [0.5, 0.6) is 0 Å². The summed E-state index contributed by atoms with van der Waals surface area (Å²) in [6, 6.07) is 1.27. The van der Waals surface area contributed by atoms with Crippen LogP contribution in [0.1, 0.15) is 19.4 Å². The number of pyridine rings is 1. The Morgan fingerprint density at radius 3 is 2.81 bits per heavy atom. The fourth-order valence-electron chi connectivity index (χ4n) is 1.54. The van der Waals surface area contributed by atoms with Gasteiger partial charge in [-0.2, -0.15) is 0 Å². The van der Waals surface area contributed by atoms with Crippen molar-refractivity contribution in [3.63, 3.8) is 0 Å². The molecule has 88 valence electrons. The first-order valence-electron chi connectivity index (χ1n) is 4.99. The maximum atomic E-state index is 13.1. The Bertz CT molecular complexity index is 384. The highest BCUT2D eigenvalue weighted by Gasteiger charge is 2.36. The van der Waals surface area contributed by atoms with Crippen molar-refractivity contribution in [1.82, 2.24) is 10.3 Å². The molecule has 0 aliphatic rings. The van der Waals surface area contributed by atoms with Gasteiger partial charge in [-0.25, -0.2) is 9.18 Å². The number of methoxy groups -OCH3 is 1. The van der Waals surface area contributed by atoms with Crippen molar-refractivity contribution in [2.24, 2.45) is 0 Å². The number of halogens is 1. The standard InChI is InChI=1S/C11H15FN2O2/c1-4-14-11(2,10(15)16-3)8-5-9(12)7-13-6-8/h5-7,14H,4H2,1-3H3. The molecule has 0 aliphatic carbocycles. The fourth-order valence-corrected chi connectivity index (χ4v) is 1.54. The maximum absolute atomic E-state index is 13.1. The minimum atomic E-state index is -1.07. The van der Waals surface area contributed by atoms with Gasteiger partial charge < -0.3 is 4.74 Å². The first-order chi connectivity index (χ1) is 7.54. The molecule has 0 saturated heterocycles. The third-order valence-corrected chi connectivity index (χ3v) is 2.41. The topological polar surface area (TPSA) is 51.2 Å². The molecule has 16 heavy (non-hydrogen) atoms. The highest BCUT2D eigenvalue weighted by Crippen LogP contribution is 2.22. The summed E-state index contributed by atoms with van der Waals surface area (Å²) in [4.78, 5) is 15.4. The van der Waals surface area contributed by atoms with Gasteiger partial charge in [-0.3, -0.25) is 10.3 Å². The van der Waals surface area contributed by atoms with Crippen LogP contribution < -0.4 is 5.32 Å². The van der Waals surface area contributed by atoms with E-state index in [0.717, 1.165) is 6.20 Å². The molecule has 0 amide bonds. The number of hydrogen-bond acceptors (Lipinski definition) is 4. The molecule has 0 spiro atoms. The number of carbonyl (C=O) groups is 1. The van der Waals surface area contributed by atoms with Crippen LogP contribution in [0.15, 0.2) is 18.5 Å². The van der Waals surface area contributed by atoms with E-state index in [4.69, 9.17) is 4.74 Å². The zero-order valence-electron chi connectivity index (χ0n) is 9.58. The Kier molecular flexibility index (Phi) is 3.95. The van der Waals surface area contributed by atoms with Crippen molar-refractivity contribution in [2.75, 3.05) is 13.7 Å². The second-order valence-corrected chi connectivity index (χ2v) is 3.54. The van der Waals surface area contributed by atoms with Gasteiger partial charge in [0.2, 0.25) is 0 Å². The predicted molar refractivity (Wildman–Crippen MR) is 57.2 cm³/mol. The van der Waals surface area contributed by atoms with Crippen LogP contribution in [0.4, 0.5) is 4.39 Å². The smallest absolute Gasteiger partial charge is 0.330 e. The minimum Gasteiger partial charge on any atom is -0.467 e. The summed E-state index contributed by atoms with van der Waals surface area (Å²) in [5.74, 6) is -0.952. The van der Waals surface area contributed by atoms with E-state index in [0.29, 0.717) is 12.1 Å². The monoisotopic (exact) mass is 226 g/mol. The molecule has 5 heteroatoms. The Morgan fingerprint density at radius 1 is 1.62 bits per heavy atom. The zero-order valence-corrected chi connectivity index (χ0v) is 9.58. The van der Waals surface area contributed by atoms with Gasteiger partial charge in [0, 0.05) is 11.8 Å². The highest BCUT2D eigenvalue weighted by atomic mass is 19.1. The Hall–Kier alpha value is -1.49. The molecule has 0 radical (unpaired) electrons. The van der Waals surface area contributed by atoms with E-state index < -0.39 is 17.3 Å². The molecule has 0 saturated carbocycles. The maximum Gasteiger partial charge on any atom is 0.330 e. The fraction of sp³-hybridized carbons (Fsp3) is 0.455. The van der Waals surface area contributed by atoms with Gasteiger partial charge in [0.1, 0.15) is 11.4 Å². The van der Waals surface area contributed by atoms with Crippen molar-refractivity contribution >= 4 is 5.97 Å². The molecule has 4 nitrogen and oxygen atoms in total. The number of hydrogen-bond donors (Lipinski definition) is 1. The summed E-state index contributed by atoms with van der Waals surface area (Å²) in [7, 11) is 1.30. The predicted octanol–water partition coefficient (Wildman–Crippen LogP) is 1.22. The van der Waals surface area contributed by atoms with Crippen molar-refractivity contribution in [3.8, 4) is 0 Å². The van der Waals surface area contributed by atoms with Crippen LogP contribution >= 0.6 is 0 Å². The largest absolute Gasteiger partial charge is 0.467 e. The van der Waals surface area contributed by atoms with E-state index in [9.17, 15) is 9.18 Å². The molecule has 0 aliphatic heterocycles. The molecule has 1 atom stereocenters. The summed E-state index contributed by atoms with van der Waals surface area (Å²) in [5.41, 5.74) is -0.625. The van der Waals surface area contributed by atoms with Crippen LogP contribution in [0.25, 0.3) is 0 Å². The zero-order chi connectivity index (χ0) is 12.2. The molecule has 0 fully saturated rings. The third kappa shape index (κ3) is 2.36. The van der Waals surface area contributed by atoms with Gasteiger partial charge in [-0.15, -0.1) is 0 Å². The van der Waals surface area contributed by atoms with E-state index in [1.54, 1.807) is 6.92 Å². The van der Waals surface area contributed by atoms with Crippen molar-refractivity contribution < 1.29 is 13.9 Å². The summed E-state index contributed by atoms with van der Waals surface area (Å²) < 4.78 is 17.8. The van der Waals surface area contributed by atoms with E-state index >= 15 is 0 Å². The number of likely N-dealkylation sites (N-methyl/N-ethyl adjacent to an activating group) is 1. The first kappa shape index (κ1) is 12.6. The van der Waals surface area contributed by atoms with E-state index in [1.165, 1.54) is 19.4 Å². The molecular formula is C11H15FN2O2. The van der Waals surface area contributed by atoms with Gasteiger partial charge in [0.25, 0.3) is 0 Å². The number of carbonyl (C=O) groups excluding carboxylic acids is 1. The molecule has 1 heterocycles. The second kappa shape index (κ2) is 5.03. The quantitative estimate of drug-likeness (QED) is 0.784. The van der Waals surface area contributed by atoms with Crippen LogP contribution in [0.2, 0.25) is 0 Å². The highest BCUT2D eigenvalue weighted by molar-refractivity contribution is 5.81. The molecule has 1 N–H and O–H groups in total. The van der Waals surface area contributed by atoms with E-state index in [2.05, 4.69) is 10.3 Å². The molecule has 0 aromatic carbocycles. The Labute approximate surface area is 93.8 Å². The van der Waals surface area contributed by atoms with E-state index in [-0.39, 0.29) is 0 Å². The SMILES string of the molecule is CCNC(C)(C(=O)OC)c1cncc(F)c1. The lowest BCUT2D eigenvalue weighted by Gasteiger charge is -2.27. The van der Waals surface area contributed by atoms with Gasteiger partial charge in [-0.05, 0) is 19.5 Å². The average molecular weight is 226 g/mol. The molecule has 1 rings (SSSR count). The number of aromatic nitrogens is 1. The third-order valence-electron chi connectivity index (χ3n) is 2.41. The van der Waals surface area contributed by atoms with Gasteiger partial charge >= 0.3 is 5.97 Å². The normalized spacial score (nSPS) is 14.2. The summed E-state index contributed by atoms with van der Waals surface area (Å²) in [5, 5.41) is 2.97. The molecule has 1 aromatic heterocycles. The Morgan fingerprint density at radius 2 is 2.31 bits per heavy atom. The molecule has 1 unspecified atom stereocenters. The molecular weight excluding hydrogens is 211 g/mol. The average Bonchev–Trinajstić information content (AvgIpc) is 2.28. The van der Waals surface area contributed by atoms with Crippen molar-refractivity contribution in [2.45, 2.75) is 19.4 Å². The number of ether oxygens (including phenoxy) is 1. The van der Waals surface area contributed by atoms with Gasteiger partial charge in [0.05, 0.1) is 13.3 Å². The lowest BCUT2D eigenvalue weighted by atomic mass is 9.93. The first-order valence-corrected chi connectivity index (χ1v) is 4.99. The van der Waals surface area contributed by atoms with Crippen molar-refractivity contribution in [1.29, 1.82) is 0 Å². The summed E-state index contributed by atoms with van der Waals surface area (Å²) >= 11 is 0. The van der Waals surface area contributed by atoms with Crippen LogP contribution in [-0.2, 0) is 15.1 Å². The van der Waals surface area contributed by atoms with Crippen LogP contribution in [0, 0.1) is 5.82 Å². The van der Waals surface area contributed by atoms with Crippen molar-refractivity contribution in [3.05, 3.63) is 29.8 Å². The number of esters is 1. The second-order valence-electron chi connectivity index (χ2n) is 3.54. The van der Waals surface area contributed by atoms with E-state index in [1.807, 2.05) is 6.92 Å². The van der Waals surface area contributed by atoms with Gasteiger partial charge in [-0.1, -0.05) is 6.92 Å². The van der Waals surface area contributed by atoms with Gasteiger partial charge in [0.15, 0.2) is 0 Å². The number of nitrogens with one attached hydrogen (secondary N) is 1. The van der Waals surface area contributed by atoms with Crippen LogP contribution in [-0.4, -0.2) is 24.6 Å². The summed E-state index contributed by atoms with van der Waals surface area (Å²) in [6.07, 6.45) is 2.54. The Balaban J connectivity index is 3.15. The summed E-state index contributed by atoms with van der Waals surface area (Å²) in [6.45, 7) is 4.05. The van der Waals surface area contributed by atoms with Crippen LogP contribution in [0.3, 0.4) is 0 Å². The lowest BCUT2D eigenvalue weighted by Crippen LogP contribution is -2.47. The molecule has 1 aromatic rings.